The van der Waals surface area contributed by atoms with Crippen molar-refractivity contribution < 1.29 is 9.59 Å². The third-order valence-corrected chi connectivity index (χ3v) is 4.83. The highest BCUT2D eigenvalue weighted by molar-refractivity contribution is 7.80. The predicted octanol–water partition coefficient (Wildman–Crippen LogP) is 4.51. The van der Waals surface area contributed by atoms with Crippen molar-refractivity contribution in [2.45, 2.75) is 26.2 Å². The SMILES string of the molecule is CCCCc1ccc(C=C2C(=O)NC(=S)N(c3ccc(Cl)cc3)C2=O)cc1. The van der Waals surface area contributed by atoms with Crippen molar-refractivity contribution in [3.05, 3.63) is 70.3 Å². The molecule has 2 aromatic rings. The number of carbonyl (C=O) groups excluding carboxylic acids is 2. The summed E-state index contributed by atoms with van der Waals surface area (Å²) in [6, 6.07) is 14.6. The van der Waals surface area contributed by atoms with E-state index in [1.165, 1.54) is 10.5 Å². The molecule has 27 heavy (non-hydrogen) atoms. The number of nitrogens with zero attached hydrogens (tertiary/aromatic N) is 1. The number of halogens is 1. The van der Waals surface area contributed by atoms with E-state index < -0.39 is 11.8 Å². The Morgan fingerprint density at radius 3 is 2.37 bits per heavy atom. The first-order chi connectivity index (χ1) is 13.0. The summed E-state index contributed by atoms with van der Waals surface area (Å²) in [7, 11) is 0. The monoisotopic (exact) mass is 398 g/mol. The quantitative estimate of drug-likeness (QED) is 0.458. The normalized spacial score (nSPS) is 16.0. The first kappa shape index (κ1) is 19.3. The minimum Gasteiger partial charge on any atom is -0.298 e. The lowest BCUT2D eigenvalue weighted by Crippen LogP contribution is -2.54. The van der Waals surface area contributed by atoms with Gasteiger partial charge in [0.15, 0.2) is 5.11 Å². The maximum atomic E-state index is 12.9. The van der Waals surface area contributed by atoms with E-state index in [9.17, 15) is 9.59 Å². The van der Waals surface area contributed by atoms with Crippen LogP contribution in [0, 0.1) is 0 Å². The highest BCUT2D eigenvalue weighted by Gasteiger charge is 2.34. The molecule has 0 aromatic heterocycles. The molecule has 0 spiro atoms. The Hall–Kier alpha value is -2.50. The van der Waals surface area contributed by atoms with Crippen LogP contribution in [0.4, 0.5) is 5.69 Å². The molecular weight excluding hydrogens is 380 g/mol. The van der Waals surface area contributed by atoms with E-state index in [1.807, 2.05) is 24.3 Å². The van der Waals surface area contributed by atoms with Gasteiger partial charge in [0, 0.05) is 5.02 Å². The molecule has 138 valence electrons. The Balaban J connectivity index is 1.88. The number of benzene rings is 2. The minimum atomic E-state index is -0.495. The van der Waals surface area contributed by atoms with Gasteiger partial charge in [-0.2, -0.15) is 0 Å². The summed E-state index contributed by atoms with van der Waals surface area (Å²) < 4.78 is 0. The predicted molar refractivity (Wildman–Crippen MR) is 113 cm³/mol. The number of carbonyl (C=O) groups is 2. The van der Waals surface area contributed by atoms with Gasteiger partial charge in [0.1, 0.15) is 5.57 Å². The van der Waals surface area contributed by atoms with E-state index in [1.54, 1.807) is 30.3 Å². The Bertz CT molecular complexity index is 905. The topological polar surface area (TPSA) is 49.4 Å². The maximum Gasteiger partial charge on any atom is 0.270 e. The van der Waals surface area contributed by atoms with Crippen LogP contribution >= 0.6 is 23.8 Å². The Morgan fingerprint density at radius 1 is 1.07 bits per heavy atom. The van der Waals surface area contributed by atoms with Gasteiger partial charge >= 0.3 is 0 Å². The zero-order chi connectivity index (χ0) is 19.4. The number of anilines is 1. The molecule has 2 aromatic carbocycles. The fourth-order valence-corrected chi connectivity index (χ4v) is 3.22. The molecular formula is C21H19ClN2O2S. The largest absolute Gasteiger partial charge is 0.298 e. The molecule has 1 fully saturated rings. The van der Waals surface area contributed by atoms with Gasteiger partial charge < -0.3 is 0 Å². The number of hydrogen-bond acceptors (Lipinski definition) is 3. The smallest absolute Gasteiger partial charge is 0.270 e. The van der Waals surface area contributed by atoms with Crippen LogP contribution in [-0.2, 0) is 16.0 Å². The zero-order valence-electron chi connectivity index (χ0n) is 14.9. The van der Waals surface area contributed by atoms with Crippen molar-refractivity contribution in [2.24, 2.45) is 0 Å². The lowest BCUT2D eigenvalue weighted by Gasteiger charge is -2.28. The first-order valence-corrected chi connectivity index (χ1v) is 9.54. The van der Waals surface area contributed by atoms with Gasteiger partial charge in [-0.3, -0.25) is 19.8 Å². The van der Waals surface area contributed by atoms with Crippen LogP contribution in [0.2, 0.25) is 5.02 Å². The molecule has 0 bridgehead atoms. The van der Waals surface area contributed by atoms with Crippen molar-refractivity contribution in [1.29, 1.82) is 0 Å². The van der Waals surface area contributed by atoms with E-state index in [0.29, 0.717) is 10.7 Å². The van der Waals surface area contributed by atoms with Crippen LogP contribution in [0.15, 0.2) is 54.1 Å². The third kappa shape index (κ3) is 4.43. The number of amides is 2. The van der Waals surface area contributed by atoms with Crippen LogP contribution < -0.4 is 10.2 Å². The highest BCUT2D eigenvalue weighted by Crippen LogP contribution is 2.23. The summed E-state index contributed by atoms with van der Waals surface area (Å²) in [6.45, 7) is 2.16. The molecule has 4 nitrogen and oxygen atoms in total. The second-order valence-corrected chi connectivity index (χ2v) is 7.10. The number of unbranched alkanes of at least 4 members (excludes halogenated alkanes) is 1. The molecule has 6 heteroatoms. The van der Waals surface area contributed by atoms with Crippen molar-refractivity contribution in [3.63, 3.8) is 0 Å². The lowest BCUT2D eigenvalue weighted by molar-refractivity contribution is -0.122. The van der Waals surface area contributed by atoms with Gasteiger partial charge in [0.25, 0.3) is 11.8 Å². The summed E-state index contributed by atoms with van der Waals surface area (Å²) in [5, 5.41) is 3.19. The third-order valence-electron chi connectivity index (χ3n) is 4.30. The minimum absolute atomic E-state index is 0.0415. The van der Waals surface area contributed by atoms with E-state index in [2.05, 4.69) is 12.2 Å². The molecule has 0 radical (unpaired) electrons. The second-order valence-electron chi connectivity index (χ2n) is 6.28. The average molecular weight is 399 g/mol. The molecule has 1 aliphatic heterocycles. The molecule has 0 atom stereocenters. The molecule has 1 saturated heterocycles. The van der Waals surface area contributed by atoms with Crippen LogP contribution in [0.5, 0.6) is 0 Å². The number of aryl methyl sites for hydroxylation is 1. The van der Waals surface area contributed by atoms with Crippen molar-refractivity contribution in [1.82, 2.24) is 5.32 Å². The highest BCUT2D eigenvalue weighted by atomic mass is 35.5. The van der Waals surface area contributed by atoms with Crippen molar-refractivity contribution in [2.75, 3.05) is 4.90 Å². The average Bonchev–Trinajstić information content (AvgIpc) is 2.66. The Kier molecular flexibility index (Phi) is 6.04. The number of thiocarbonyl (C=S) groups is 1. The number of rotatable bonds is 5. The van der Waals surface area contributed by atoms with Gasteiger partial charge in [-0.25, -0.2) is 0 Å². The zero-order valence-corrected chi connectivity index (χ0v) is 16.4. The van der Waals surface area contributed by atoms with E-state index in [-0.39, 0.29) is 10.7 Å². The summed E-state index contributed by atoms with van der Waals surface area (Å²) in [6.07, 6.45) is 4.88. The Morgan fingerprint density at radius 2 is 1.74 bits per heavy atom. The van der Waals surface area contributed by atoms with Crippen molar-refractivity contribution in [3.8, 4) is 0 Å². The number of hydrogen-bond donors (Lipinski definition) is 1. The van der Waals surface area contributed by atoms with Crippen LogP contribution in [0.25, 0.3) is 6.08 Å². The summed E-state index contributed by atoms with van der Waals surface area (Å²) >= 11 is 11.1. The van der Waals surface area contributed by atoms with Gasteiger partial charge in [-0.15, -0.1) is 0 Å². The van der Waals surface area contributed by atoms with Crippen LogP contribution in [0.3, 0.4) is 0 Å². The summed E-state index contributed by atoms with van der Waals surface area (Å²) in [5.74, 6) is -0.952. The molecule has 3 rings (SSSR count). The van der Waals surface area contributed by atoms with Crippen LogP contribution in [-0.4, -0.2) is 16.9 Å². The maximum absolute atomic E-state index is 12.9. The van der Waals surface area contributed by atoms with E-state index >= 15 is 0 Å². The molecule has 0 unspecified atom stereocenters. The Labute approximate surface area is 168 Å². The van der Waals surface area contributed by atoms with Crippen LogP contribution in [0.1, 0.15) is 30.9 Å². The molecule has 2 amide bonds. The van der Waals surface area contributed by atoms with Gasteiger partial charge in [0.2, 0.25) is 0 Å². The van der Waals surface area contributed by atoms with E-state index in [0.717, 1.165) is 24.8 Å². The number of nitrogens with one attached hydrogen (secondary N) is 1. The van der Waals surface area contributed by atoms with Crippen molar-refractivity contribution >= 4 is 52.5 Å². The fourth-order valence-electron chi connectivity index (χ4n) is 2.81. The molecule has 1 aliphatic rings. The molecule has 0 aliphatic carbocycles. The molecule has 0 saturated carbocycles. The first-order valence-electron chi connectivity index (χ1n) is 8.75. The van der Waals surface area contributed by atoms with Gasteiger partial charge in [0.05, 0.1) is 5.69 Å². The van der Waals surface area contributed by atoms with E-state index in [4.69, 9.17) is 23.8 Å². The van der Waals surface area contributed by atoms with Gasteiger partial charge in [-0.1, -0.05) is 49.2 Å². The summed E-state index contributed by atoms with van der Waals surface area (Å²) in [5.41, 5.74) is 2.62. The fraction of sp³-hybridized carbons (Fsp3) is 0.190. The lowest BCUT2D eigenvalue weighted by atomic mass is 10.0. The second kappa shape index (κ2) is 8.46. The summed E-state index contributed by atoms with van der Waals surface area (Å²) in [4.78, 5) is 26.5. The molecule has 1 N–H and O–H groups in total. The standard InChI is InChI=1S/C21H19ClN2O2S/c1-2-3-4-14-5-7-15(8-6-14)13-18-19(25)23-21(27)24(20(18)26)17-11-9-16(22)10-12-17/h5-13H,2-4H2,1H3,(H,23,25,27). The van der Waals surface area contributed by atoms with Gasteiger partial charge in [-0.05, 0) is 66.5 Å². The molecule has 1 heterocycles.